The summed E-state index contributed by atoms with van der Waals surface area (Å²) in [5.74, 6) is -1.15. The molecule has 1 aromatic rings. The molecule has 0 saturated heterocycles. The van der Waals surface area contributed by atoms with Crippen molar-refractivity contribution in [2.24, 2.45) is 5.92 Å². The third kappa shape index (κ3) is 2.92. The number of carboxylic acids is 1. The average molecular weight is 211 g/mol. The molecule has 0 aliphatic rings. The Kier molecular flexibility index (Phi) is 3.62. The summed E-state index contributed by atoms with van der Waals surface area (Å²) in [5.41, 5.74) is -0.194. The Hall–Kier alpha value is -1.62. The van der Waals surface area contributed by atoms with Gasteiger partial charge >= 0.3 is 5.97 Å². The van der Waals surface area contributed by atoms with E-state index in [0.29, 0.717) is 6.54 Å². The van der Waals surface area contributed by atoms with E-state index in [0.717, 1.165) is 0 Å². The number of carbonyl (C=O) groups is 1. The number of aromatic carboxylic acids is 1. The maximum atomic E-state index is 11.3. The smallest absolute Gasteiger partial charge is 0.337 e. The van der Waals surface area contributed by atoms with Gasteiger partial charge in [-0.2, -0.15) is 0 Å². The predicted octanol–water partition coefficient (Wildman–Crippen LogP) is 0.175. The van der Waals surface area contributed by atoms with E-state index in [-0.39, 0.29) is 23.6 Å². The molecule has 82 valence electrons. The van der Waals surface area contributed by atoms with Crippen molar-refractivity contribution in [3.05, 3.63) is 34.2 Å². The van der Waals surface area contributed by atoms with Crippen LogP contribution in [0.1, 0.15) is 17.3 Å². The molecule has 5 nitrogen and oxygen atoms in total. The van der Waals surface area contributed by atoms with Crippen molar-refractivity contribution in [3.63, 3.8) is 0 Å². The first-order chi connectivity index (χ1) is 7.04. The van der Waals surface area contributed by atoms with Crippen molar-refractivity contribution in [2.75, 3.05) is 6.61 Å². The molecule has 2 N–H and O–H groups in total. The van der Waals surface area contributed by atoms with Gasteiger partial charge in [0.05, 0.1) is 5.56 Å². The van der Waals surface area contributed by atoms with Gasteiger partial charge in [0.1, 0.15) is 0 Å². The Morgan fingerprint density at radius 1 is 1.53 bits per heavy atom. The fourth-order valence-corrected chi connectivity index (χ4v) is 1.19. The Morgan fingerprint density at radius 3 is 2.73 bits per heavy atom. The summed E-state index contributed by atoms with van der Waals surface area (Å²) in [4.78, 5) is 22.0. The molecule has 5 heteroatoms. The molecule has 0 amide bonds. The Labute approximate surface area is 86.6 Å². The van der Waals surface area contributed by atoms with Crippen LogP contribution in [0.15, 0.2) is 23.1 Å². The zero-order chi connectivity index (χ0) is 11.4. The molecule has 1 rings (SSSR count). The second-order valence-corrected chi connectivity index (χ2v) is 3.50. The van der Waals surface area contributed by atoms with Crippen LogP contribution in [0.25, 0.3) is 0 Å². The molecule has 0 aliphatic carbocycles. The number of pyridine rings is 1. The van der Waals surface area contributed by atoms with Gasteiger partial charge in [-0.3, -0.25) is 4.79 Å². The molecule has 0 aromatic carbocycles. The molecular weight excluding hydrogens is 198 g/mol. The SMILES string of the molecule is CC(CO)Cn1cc(C(=O)O)ccc1=O. The molecule has 1 heterocycles. The number of aromatic nitrogens is 1. The van der Waals surface area contributed by atoms with E-state index in [4.69, 9.17) is 10.2 Å². The summed E-state index contributed by atoms with van der Waals surface area (Å²) >= 11 is 0. The topological polar surface area (TPSA) is 79.5 Å². The number of aliphatic hydroxyl groups excluding tert-OH is 1. The molecule has 0 bridgehead atoms. The van der Waals surface area contributed by atoms with E-state index in [9.17, 15) is 9.59 Å². The minimum atomic E-state index is -1.07. The van der Waals surface area contributed by atoms with Gasteiger partial charge in [0, 0.05) is 25.4 Å². The van der Waals surface area contributed by atoms with Crippen molar-refractivity contribution in [2.45, 2.75) is 13.5 Å². The van der Waals surface area contributed by atoms with Gasteiger partial charge < -0.3 is 14.8 Å². The molecule has 0 radical (unpaired) electrons. The first kappa shape index (κ1) is 11.5. The third-order valence-electron chi connectivity index (χ3n) is 2.05. The van der Waals surface area contributed by atoms with E-state index in [1.54, 1.807) is 6.92 Å². The Morgan fingerprint density at radius 2 is 2.20 bits per heavy atom. The zero-order valence-electron chi connectivity index (χ0n) is 8.38. The van der Waals surface area contributed by atoms with Crippen LogP contribution in [0.4, 0.5) is 0 Å². The predicted molar refractivity (Wildman–Crippen MR) is 53.9 cm³/mol. The summed E-state index contributed by atoms with van der Waals surface area (Å²) in [6.45, 7) is 2.06. The third-order valence-corrected chi connectivity index (χ3v) is 2.05. The lowest BCUT2D eigenvalue weighted by atomic mass is 10.2. The summed E-state index contributed by atoms with van der Waals surface area (Å²) in [6, 6.07) is 2.48. The summed E-state index contributed by atoms with van der Waals surface area (Å²) < 4.78 is 1.30. The maximum Gasteiger partial charge on any atom is 0.337 e. The quantitative estimate of drug-likeness (QED) is 0.744. The molecule has 1 aromatic heterocycles. The van der Waals surface area contributed by atoms with Gasteiger partial charge in [0.15, 0.2) is 0 Å². The molecule has 0 aliphatic heterocycles. The molecule has 0 spiro atoms. The number of rotatable bonds is 4. The lowest BCUT2D eigenvalue weighted by Crippen LogP contribution is -2.24. The second kappa shape index (κ2) is 4.75. The fraction of sp³-hybridized carbons (Fsp3) is 0.400. The lowest BCUT2D eigenvalue weighted by Gasteiger charge is -2.10. The Balaban J connectivity index is 3.00. The number of aliphatic hydroxyl groups is 1. The molecular formula is C10H13NO4. The van der Waals surface area contributed by atoms with Crippen molar-refractivity contribution < 1.29 is 15.0 Å². The fourth-order valence-electron chi connectivity index (χ4n) is 1.19. The van der Waals surface area contributed by atoms with Crippen LogP contribution in [0.2, 0.25) is 0 Å². The highest BCUT2D eigenvalue weighted by molar-refractivity contribution is 5.87. The van der Waals surface area contributed by atoms with Crippen LogP contribution in [-0.2, 0) is 6.54 Å². The molecule has 1 atom stereocenters. The standard InChI is InChI=1S/C10H13NO4/c1-7(6-12)4-11-5-8(10(14)15)2-3-9(11)13/h2-3,5,7,12H,4,6H2,1H3,(H,14,15). The van der Waals surface area contributed by atoms with Crippen molar-refractivity contribution in [1.82, 2.24) is 4.57 Å². The van der Waals surface area contributed by atoms with Crippen molar-refractivity contribution in [1.29, 1.82) is 0 Å². The minimum absolute atomic E-state index is 0.0380. The van der Waals surface area contributed by atoms with E-state index in [2.05, 4.69) is 0 Å². The van der Waals surface area contributed by atoms with Crippen LogP contribution < -0.4 is 5.56 Å². The number of hydrogen-bond acceptors (Lipinski definition) is 3. The van der Waals surface area contributed by atoms with Crippen LogP contribution >= 0.6 is 0 Å². The highest BCUT2D eigenvalue weighted by Gasteiger charge is 2.07. The minimum Gasteiger partial charge on any atom is -0.478 e. The second-order valence-electron chi connectivity index (χ2n) is 3.50. The molecule has 0 fully saturated rings. The van der Waals surface area contributed by atoms with Gasteiger partial charge in [-0.15, -0.1) is 0 Å². The molecule has 15 heavy (non-hydrogen) atoms. The van der Waals surface area contributed by atoms with Gasteiger partial charge in [0.2, 0.25) is 0 Å². The first-order valence-electron chi connectivity index (χ1n) is 4.59. The summed E-state index contributed by atoms with van der Waals surface area (Å²) in [6.07, 6.45) is 1.29. The van der Waals surface area contributed by atoms with Crippen LogP contribution in [0.3, 0.4) is 0 Å². The molecule has 1 unspecified atom stereocenters. The average Bonchev–Trinajstić information content (AvgIpc) is 2.20. The number of hydrogen-bond donors (Lipinski definition) is 2. The van der Waals surface area contributed by atoms with Crippen LogP contribution in [0.5, 0.6) is 0 Å². The van der Waals surface area contributed by atoms with Gasteiger partial charge in [-0.05, 0) is 12.0 Å². The molecule has 0 saturated carbocycles. The van der Waals surface area contributed by atoms with Crippen LogP contribution in [0, 0.1) is 5.92 Å². The van der Waals surface area contributed by atoms with Crippen molar-refractivity contribution in [3.8, 4) is 0 Å². The van der Waals surface area contributed by atoms with E-state index in [1.807, 2.05) is 0 Å². The first-order valence-corrected chi connectivity index (χ1v) is 4.59. The van der Waals surface area contributed by atoms with E-state index < -0.39 is 5.97 Å². The number of nitrogens with zero attached hydrogens (tertiary/aromatic N) is 1. The lowest BCUT2D eigenvalue weighted by molar-refractivity contribution is 0.0695. The normalized spacial score (nSPS) is 12.4. The highest BCUT2D eigenvalue weighted by atomic mass is 16.4. The number of carboxylic acid groups (broad SMARTS) is 1. The summed E-state index contributed by atoms with van der Waals surface area (Å²) in [7, 11) is 0. The zero-order valence-corrected chi connectivity index (χ0v) is 8.38. The van der Waals surface area contributed by atoms with Crippen LogP contribution in [-0.4, -0.2) is 27.4 Å². The highest BCUT2D eigenvalue weighted by Crippen LogP contribution is 2.00. The van der Waals surface area contributed by atoms with Gasteiger partial charge in [-0.1, -0.05) is 6.92 Å². The maximum absolute atomic E-state index is 11.3. The van der Waals surface area contributed by atoms with Gasteiger partial charge in [0.25, 0.3) is 5.56 Å². The van der Waals surface area contributed by atoms with E-state index >= 15 is 0 Å². The van der Waals surface area contributed by atoms with Crippen molar-refractivity contribution >= 4 is 5.97 Å². The van der Waals surface area contributed by atoms with Gasteiger partial charge in [-0.25, -0.2) is 4.79 Å². The monoisotopic (exact) mass is 211 g/mol. The Bertz CT molecular complexity index is 410. The van der Waals surface area contributed by atoms with E-state index in [1.165, 1.54) is 22.9 Å². The summed E-state index contributed by atoms with van der Waals surface area (Å²) in [5, 5.41) is 17.6. The largest absolute Gasteiger partial charge is 0.478 e.